The van der Waals surface area contributed by atoms with Crippen LogP contribution in [0.2, 0.25) is 0 Å². The highest BCUT2D eigenvalue weighted by Gasteiger charge is 2.32. The molecule has 0 saturated heterocycles. The van der Waals surface area contributed by atoms with Crippen molar-refractivity contribution in [1.29, 1.82) is 0 Å². The molecule has 2 N–H and O–H groups in total. The monoisotopic (exact) mass is 359 g/mol. The third-order valence-corrected chi connectivity index (χ3v) is 4.06. The smallest absolute Gasteiger partial charge is 0.405 e. The lowest BCUT2D eigenvalue weighted by Gasteiger charge is -2.22. The molecule has 1 amide bonds. The second-order valence-electron chi connectivity index (χ2n) is 5.31. The number of carbonyl (C=O) groups excluding carboxylic acids is 1. The molecule has 1 aromatic rings. The topological polar surface area (TPSA) is 58.6 Å². The highest BCUT2D eigenvalue weighted by molar-refractivity contribution is 7.80. The van der Waals surface area contributed by atoms with Gasteiger partial charge in [0.15, 0.2) is 0 Å². The number of amides is 1. The van der Waals surface area contributed by atoms with Crippen molar-refractivity contribution in [2.24, 2.45) is 5.92 Å². The van der Waals surface area contributed by atoms with E-state index in [2.05, 4.69) is 10.1 Å². The van der Waals surface area contributed by atoms with Crippen molar-refractivity contribution in [3.05, 3.63) is 35.9 Å². The van der Waals surface area contributed by atoms with Crippen LogP contribution in [-0.4, -0.2) is 29.0 Å². The predicted molar refractivity (Wildman–Crippen MR) is 86.3 cm³/mol. The lowest BCUT2D eigenvalue weighted by Crippen LogP contribution is -2.35. The van der Waals surface area contributed by atoms with Crippen LogP contribution in [0.25, 0.3) is 5.57 Å². The van der Waals surface area contributed by atoms with Crippen molar-refractivity contribution < 1.29 is 27.8 Å². The first-order chi connectivity index (χ1) is 11.3. The second-order valence-corrected chi connectivity index (χ2v) is 5.75. The van der Waals surface area contributed by atoms with Gasteiger partial charge < -0.3 is 15.2 Å². The summed E-state index contributed by atoms with van der Waals surface area (Å²) in [5, 5.41) is 11.6. The Morgan fingerprint density at radius 3 is 2.71 bits per heavy atom. The molecule has 8 heteroatoms. The molecule has 2 rings (SSSR count). The number of alkyl halides is 3. The number of benzene rings is 1. The quantitative estimate of drug-likeness (QED) is 0.811. The Hall–Kier alpha value is -1.93. The Balaban J connectivity index is 2.33. The number of rotatable bonds is 4. The van der Waals surface area contributed by atoms with Gasteiger partial charge in [-0.15, -0.1) is 13.2 Å². The van der Waals surface area contributed by atoms with E-state index in [9.17, 15) is 18.0 Å². The van der Waals surface area contributed by atoms with Crippen LogP contribution in [0, 0.1) is 5.92 Å². The zero-order valence-corrected chi connectivity index (χ0v) is 13.4. The van der Waals surface area contributed by atoms with E-state index in [1.807, 2.05) is 0 Å². The first kappa shape index (κ1) is 18.4. The SMILES string of the molecule is O=C1/C=C(/c2ccccc2OC(F)(F)F)CCC(CCO)C(=S)N1. The Kier molecular flexibility index (Phi) is 5.95. The Morgan fingerprint density at radius 2 is 2.04 bits per heavy atom. The maximum atomic E-state index is 12.6. The van der Waals surface area contributed by atoms with Crippen molar-refractivity contribution in [1.82, 2.24) is 5.32 Å². The van der Waals surface area contributed by atoms with Gasteiger partial charge in [0.1, 0.15) is 5.75 Å². The largest absolute Gasteiger partial charge is 0.573 e. The van der Waals surface area contributed by atoms with Crippen molar-refractivity contribution in [2.75, 3.05) is 6.61 Å². The summed E-state index contributed by atoms with van der Waals surface area (Å²) in [5.41, 5.74) is 0.637. The highest BCUT2D eigenvalue weighted by atomic mass is 32.1. The molecule has 1 unspecified atom stereocenters. The number of thiocarbonyl (C=S) groups is 1. The zero-order chi connectivity index (χ0) is 17.7. The van der Waals surface area contributed by atoms with Gasteiger partial charge in [0.25, 0.3) is 0 Å². The van der Waals surface area contributed by atoms with Gasteiger partial charge in [0.05, 0.1) is 4.99 Å². The van der Waals surface area contributed by atoms with Crippen molar-refractivity contribution >= 4 is 28.7 Å². The van der Waals surface area contributed by atoms with E-state index < -0.39 is 12.3 Å². The summed E-state index contributed by atoms with van der Waals surface area (Å²) in [4.78, 5) is 12.3. The first-order valence-electron chi connectivity index (χ1n) is 7.31. The number of halogens is 3. The summed E-state index contributed by atoms with van der Waals surface area (Å²) in [5.74, 6) is -1.07. The van der Waals surface area contributed by atoms with Crippen molar-refractivity contribution in [3.63, 3.8) is 0 Å². The number of allylic oxidation sites excluding steroid dienone is 1. The fourth-order valence-electron chi connectivity index (χ4n) is 2.54. The number of carbonyl (C=O) groups is 1. The Labute approximate surface area is 142 Å². The lowest BCUT2D eigenvalue weighted by molar-refractivity contribution is -0.274. The van der Waals surface area contributed by atoms with Gasteiger partial charge >= 0.3 is 6.36 Å². The zero-order valence-electron chi connectivity index (χ0n) is 12.6. The fraction of sp³-hybridized carbons (Fsp3) is 0.375. The van der Waals surface area contributed by atoms with Gasteiger partial charge in [0, 0.05) is 24.2 Å². The number of aliphatic hydroxyl groups is 1. The number of aliphatic hydroxyl groups excluding tert-OH is 1. The second kappa shape index (κ2) is 7.76. The third kappa shape index (κ3) is 5.04. The van der Waals surface area contributed by atoms with E-state index >= 15 is 0 Å². The molecule has 1 heterocycles. The van der Waals surface area contributed by atoms with Gasteiger partial charge in [-0.05, 0) is 30.9 Å². The Bertz CT molecular complexity index is 658. The van der Waals surface area contributed by atoms with E-state index in [0.29, 0.717) is 29.8 Å². The molecule has 0 aromatic heterocycles. The molecule has 1 aliphatic rings. The van der Waals surface area contributed by atoms with Crippen LogP contribution < -0.4 is 10.1 Å². The van der Waals surface area contributed by atoms with Gasteiger partial charge in [-0.25, -0.2) is 0 Å². The number of nitrogens with one attached hydrogen (secondary N) is 1. The van der Waals surface area contributed by atoms with Crippen molar-refractivity contribution in [3.8, 4) is 5.75 Å². The molecule has 0 bridgehead atoms. The van der Waals surface area contributed by atoms with Crippen LogP contribution in [0.1, 0.15) is 24.8 Å². The summed E-state index contributed by atoms with van der Waals surface area (Å²) in [7, 11) is 0. The molecule has 4 nitrogen and oxygen atoms in total. The number of hydrogen-bond donors (Lipinski definition) is 2. The minimum absolute atomic E-state index is 0.0898. The van der Waals surface area contributed by atoms with Gasteiger partial charge in [-0.3, -0.25) is 4.79 Å². The predicted octanol–water partition coefficient (Wildman–Crippen LogP) is 3.20. The van der Waals surface area contributed by atoms with Gasteiger partial charge in [-0.2, -0.15) is 0 Å². The molecule has 1 aromatic carbocycles. The average molecular weight is 359 g/mol. The standard InChI is InChI=1S/C16H16F3NO3S/c17-16(18,19)23-13-4-2-1-3-12(13)11-6-5-10(7-8-21)15(24)20-14(22)9-11/h1-4,9-10,21H,5-8H2,(H,20,22,24)/b11-9+. The van der Waals surface area contributed by atoms with E-state index in [1.165, 1.54) is 24.3 Å². The van der Waals surface area contributed by atoms with Crippen LogP contribution >= 0.6 is 12.2 Å². The lowest BCUT2D eigenvalue weighted by atomic mass is 9.91. The number of ether oxygens (including phenoxy) is 1. The van der Waals surface area contributed by atoms with Crippen LogP contribution in [0.5, 0.6) is 5.75 Å². The van der Waals surface area contributed by atoms with Crippen LogP contribution in [0.4, 0.5) is 13.2 Å². The molecular weight excluding hydrogens is 343 g/mol. The molecule has 1 aliphatic heterocycles. The van der Waals surface area contributed by atoms with Gasteiger partial charge in [-0.1, -0.05) is 30.4 Å². The third-order valence-electron chi connectivity index (χ3n) is 3.62. The summed E-state index contributed by atoms with van der Waals surface area (Å²) in [6.07, 6.45) is -2.35. The summed E-state index contributed by atoms with van der Waals surface area (Å²) in [6, 6.07) is 5.68. The van der Waals surface area contributed by atoms with E-state index in [1.54, 1.807) is 6.07 Å². The van der Waals surface area contributed by atoms with Crippen LogP contribution in [-0.2, 0) is 4.79 Å². The number of para-hydroxylation sites is 1. The van der Waals surface area contributed by atoms with E-state index in [-0.39, 0.29) is 23.8 Å². The first-order valence-corrected chi connectivity index (χ1v) is 7.72. The average Bonchev–Trinajstić information content (AvgIpc) is 2.47. The molecule has 0 spiro atoms. The maximum absolute atomic E-state index is 12.6. The molecule has 0 fully saturated rings. The summed E-state index contributed by atoms with van der Waals surface area (Å²) >= 11 is 5.12. The number of hydrogen-bond acceptors (Lipinski definition) is 4. The molecule has 0 saturated carbocycles. The van der Waals surface area contributed by atoms with E-state index in [4.69, 9.17) is 17.3 Å². The minimum atomic E-state index is -4.82. The highest BCUT2D eigenvalue weighted by Crippen LogP contribution is 2.34. The van der Waals surface area contributed by atoms with Gasteiger partial charge in [0.2, 0.25) is 5.91 Å². The molecule has 130 valence electrons. The summed E-state index contributed by atoms with van der Waals surface area (Å²) in [6.45, 7) is -0.0898. The molecule has 0 aliphatic carbocycles. The van der Waals surface area contributed by atoms with Crippen molar-refractivity contribution in [2.45, 2.75) is 25.6 Å². The Morgan fingerprint density at radius 1 is 1.33 bits per heavy atom. The fourth-order valence-corrected chi connectivity index (χ4v) is 2.88. The van der Waals surface area contributed by atoms with Crippen LogP contribution in [0.3, 0.4) is 0 Å². The maximum Gasteiger partial charge on any atom is 0.573 e. The molecule has 0 radical (unpaired) electrons. The normalized spacial score (nSPS) is 21.3. The molecular formula is C16H16F3NO3S. The minimum Gasteiger partial charge on any atom is -0.405 e. The molecule has 1 atom stereocenters. The van der Waals surface area contributed by atoms with E-state index in [0.717, 1.165) is 0 Å². The van der Waals surface area contributed by atoms with Crippen LogP contribution in [0.15, 0.2) is 30.3 Å². The molecule has 24 heavy (non-hydrogen) atoms. The summed E-state index contributed by atoms with van der Waals surface area (Å²) < 4.78 is 41.7.